The van der Waals surface area contributed by atoms with E-state index in [0.717, 1.165) is 5.56 Å². The van der Waals surface area contributed by atoms with Crippen LogP contribution >= 0.6 is 0 Å². The molecule has 1 fully saturated rings. The Morgan fingerprint density at radius 3 is 2.63 bits per heavy atom. The van der Waals surface area contributed by atoms with Crippen LogP contribution in [0.5, 0.6) is 11.5 Å². The molecule has 10 heteroatoms. The number of morpholine rings is 1. The molecule has 3 aliphatic rings. The van der Waals surface area contributed by atoms with Gasteiger partial charge in [-0.3, -0.25) is 4.79 Å². The lowest BCUT2D eigenvalue weighted by Crippen LogP contribution is -2.44. The molecule has 0 radical (unpaired) electrons. The summed E-state index contributed by atoms with van der Waals surface area (Å²) in [6, 6.07) is 5.86. The summed E-state index contributed by atoms with van der Waals surface area (Å²) in [7, 11) is 0. The fourth-order valence-electron chi connectivity index (χ4n) is 4.46. The summed E-state index contributed by atoms with van der Waals surface area (Å²) in [5, 5.41) is 8.81. The maximum absolute atomic E-state index is 13.3. The van der Waals surface area contributed by atoms with Gasteiger partial charge in [0.15, 0.2) is 17.3 Å². The van der Waals surface area contributed by atoms with Gasteiger partial charge in [0.2, 0.25) is 13.1 Å². The molecular weight excluding hydrogens is 458 g/mol. The van der Waals surface area contributed by atoms with Crippen molar-refractivity contribution in [2.45, 2.75) is 25.6 Å². The molecule has 0 bridgehead atoms. The minimum absolute atomic E-state index is 0.00942. The minimum Gasteiger partial charge on any atom is -0.459 e. The van der Waals surface area contributed by atoms with Crippen molar-refractivity contribution in [2.75, 3.05) is 72.7 Å². The number of amides is 1. The molecule has 3 aliphatic heterocycles. The van der Waals surface area contributed by atoms with Gasteiger partial charge in [-0.2, -0.15) is 0 Å². The van der Waals surface area contributed by atoms with Gasteiger partial charge in [-0.05, 0) is 37.1 Å². The highest BCUT2D eigenvalue weighted by Crippen LogP contribution is 2.42. The second-order valence-electron chi connectivity index (χ2n) is 8.42. The number of rotatable bonds is 12. The van der Waals surface area contributed by atoms with E-state index in [0.29, 0.717) is 83.0 Å². The largest absolute Gasteiger partial charge is 0.459 e. The molecule has 10 nitrogen and oxygen atoms in total. The van der Waals surface area contributed by atoms with E-state index in [-0.39, 0.29) is 31.1 Å². The SMILES string of the molecule is CCOC1OC(C(=O)N2CCOCC2)=CC(c2ccc3c(c2)OCO3)C1CCOCCOCCO. The van der Waals surface area contributed by atoms with Gasteiger partial charge in [-0.25, -0.2) is 0 Å². The highest BCUT2D eigenvalue weighted by molar-refractivity contribution is 5.92. The Balaban J connectivity index is 1.54. The molecule has 1 amide bonds. The number of aliphatic hydroxyl groups excluding tert-OH is 1. The van der Waals surface area contributed by atoms with E-state index >= 15 is 0 Å². The second-order valence-corrected chi connectivity index (χ2v) is 8.42. The number of aliphatic hydroxyl groups is 1. The molecular formula is C25H35NO9. The van der Waals surface area contributed by atoms with Gasteiger partial charge in [-0.15, -0.1) is 0 Å². The summed E-state index contributed by atoms with van der Waals surface area (Å²) in [6.45, 7) is 6.25. The van der Waals surface area contributed by atoms with Gasteiger partial charge in [0.1, 0.15) is 0 Å². The Labute approximate surface area is 205 Å². The maximum atomic E-state index is 13.3. The second kappa shape index (κ2) is 13.1. The molecule has 3 heterocycles. The number of carbonyl (C=O) groups excluding carboxylic acids is 1. The highest BCUT2D eigenvalue weighted by atomic mass is 16.7. The molecule has 0 saturated carbocycles. The van der Waals surface area contributed by atoms with Crippen molar-refractivity contribution in [3.63, 3.8) is 0 Å². The molecule has 194 valence electrons. The summed E-state index contributed by atoms with van der Waals surface area (Å²) in [4.78, 5) is 15.0. The summed E-state index contributed by atoms with van der Waals surface area (Å²) >= 11 is 0. The van der Waals surface area contributed by atoms with Crippen LogP contribution in [-0.4, -0.2) is 94.9 Å². The zero-order valence-electron chi connectivity index (χ0n) is 20.2. The van der Waals surface area contributed by atoms with Gasteiger partial charge in [0.05, 0.1) is 39.6 Å². The number of hydrogen-bond acceptors (Lipinski definition) is 9. The summed E-state index contributed by atoms with van der Waals surface area (Å²) in [6.07, 6.45) is 1.95. The van der Waals surface area contributed by atoms with Crippen LogP contribution in [0.25, 0.3) is 0 Å². The number of allylic oxidation sites excluding steroid dienone is 1. The van der Waals surface area contributed by atoms with Gasteiger partial charge in [0.25, 0.3) is 5.91 Å². The van der Waals surface area contributed by atoms with Crippen molar-refractivity contribution in [3.8, 4) is 11.5 Å². The summed E-state index contributed by atoms with van der Waals surface area (Å²) < 4.78 is 39.6. The summed E-state index contributed by atoms with van der Waals surface area (Å²) in [5.41, 5.74) is 0.991. The highest BCUT2D eigenvalue weighted by Gasteiger charge is 2.39. The van der Waals surface area contributed by atoms with Crippen molar-refractivity contribution in [3.05, 3.63) is 35.6 Å². The summed E-state index contributed by atoms with van der Waals surface area (Å²) in [5.74, 6) is 1.30. The lowest BCUT2D eigenvalue weighted by Gasteiger charge is -2.38. The van der Waals surface area contributed by atoms with Crippen LogP contribution in [0.1, 0.15) is 24.8 Å². The Morgan fingerprint density at radius 1 is 1.09 bits per heavy atom. The van der Waals surface area contributed by atoms with Gasteiger partial charge in [0, 0.05) is 38.1 Å². The number of benzene rings is 1. The van der Waals surface area contributed by atoms with Crippen LogP contribution in [0.4, 0.5) is 0 Å². The average Bonchev–Trinajstić information content (AvgIpc) is 3.37. The molecule has 4 rings (SSSR count). The number of hydrogen-bond donors (Lipinski definition) is 1. The zero-order chi connectivity index (χ0) is 24.5. The number of nitrogens with zero attached hydrogens (tertiary/aromatic N) is 1. The molecule has 35 heavy (non-hydrogen) atoms. The topological polar surface area (TPSA) is 105 Å². The Hall–Kier alpha value is -2.37. The first kappa shape index (κ1) is 25.7. The van der Waals surface area contributed by atoms with Crippen molar-refractivity contribution >= 4 is 5.91 Å². The third-order valence-electron chi connectivity index (χ3n) is 6.21. The predicted octanol–water partition coefficient (Wildman–Crippen LogP) is 1.67. The Morgan fingerprint density at radius 2 is 1.86 bits per heavy atom. The van der Waals surface area contributed by atoms with E-state index in [1.54, 1.807) is 4.90 Å². The average molecular weight is 494 g/mol. The van der Waals surface area contributed by atoms with E-state index in [1.807, 2.05) is 31.2 Å². The minimum atomic E-state index is -0.602. The van der Waals surface area contributed by atoms with E-state index in [4.69, 9.17) is 38.3 Å². The number of ether oxygens (including phenoxy) is 7. The van der Waals surface area contributed by atoms with Crippen molar-refractivity contribution in [1.82, 2.24) is 4.90 Å². The lowest BCUT2D eigenvalue weighted by atomic mass is 9.81. The van der Waals surface area contributed by atoms with E-state index in [2.05, 4.69) is 0 Å². The van der Waals surface area contributed by atoms with Crippen LogP contribution in [0.3, 0.4) is 0 Å². The number of carbonyl (C=O) groups is 1. The third kappa shape index (κ3) is 6.65. The van der Waals surface area contributed by atoms with Crippen LogP contribution in [0.2, 0.25) is 0 Å². The molecule has 3 unspecified atom stereocenters. The first-order valence-electron chi connectivity index (χ1n) is 12.2. The van der Waals surface area contributed by atoms with Crippen LogP contribution in [-0.2, 0) is 28.5 Å². The molecule has 1 aromatic rings. The zero-order valence-corrected chi connectivity index (χ0v) is 20.2. The molecule has 1 N–H and O–H groups in total. The Bertz CT molecular complexity index is 855. The van der Waals surface area contributed by atoms with E-state index in [9.17, 15) is 4.79 Å². The van der Waals surface area contributed by atoms with Crippen molar-refractivity contribution < 1.29 is 43.1 Å². The molecule has 3 atom stereocenters. The van der Waals surface area contributed by atoms with E-state index < -0.39 is 6.29 Å². The Kier molecular flexibility index (Phi) is 9.61. The van der Waals surface area contributed by atoms with Crippen molar-refractivity contribution in [2.24, 2.45) is 5.92 Å². The molecule has 1 saturated heterocycles. The third-order valence-corrected chi connectivity index (χ3v) is 6.21. The fourth-order valence-corrected chi connectivity index (χ4v) is 4.46. The van der Waals surface area contributed by atoms with Gasteiger partial charge < -0.3 is 43.2 Å². The number of fused-ring (bicyclic) bond motifs is 1. The van der Waals surface area contributed by atoms with Crippen LogP contribution in [0, 0.1) is 5.92 Å². The standard InChI is InChI=1S/C25H35NO9/c1-2-32-25-19(5-9-29-13-14-31-12-8-27)20(18-3-4-21-22(15-18)34-17-33-21)16-23(35-25)24(28)26-6-10-30-11-7-26/h3-4,15-16,19-20,25,27H,2,5-14,17H2,1H3. The van der Waals surface area contributed by atoms with E-state index in [1.165, 1.54) is 0 Å². The first-order valence-corrected chi connectivity index (χ1v) is 12.2. The molecule has 0 spiro atoms. The fraction of sp³-hybridized carbons (Fsp3) is 0.640. The molecule has 0 aliphatic carbocycles. The van der Waals surface area contributed by atoms with Gasteiger partial charge in [-0.1, -0.05) is 6.07 Å². The smallest absolute Gasteiger partial charge is 0.288 e. The van der Waals surface area contributed by atoms with Crippen LogP contribution in [0.15, 0.2) is 30.0 Å². The van der Waals surface area contributed by atoms with Gasteiger partial charge >= 0.3 is 0 Å². The predicted molar refractivity (Wildman–Crippen MR) is 124 cm³/mol. The maximum Gasteiger partial charge on any atom is 0.288 e. The first-order chi connectivity index (χ1) is 17.2. The van der Waals surface area contributed by atoms with Crippen molar-refractivity contribution in [1.29, 1.82) is 0 Å². The monoisotopic (exact) mass is 493 g/mol. The quantitative estimate of drug-likeness (QED) is 0.435. The molecule has 1 aromatic carbocycles. The van der Waals surface area contributed by atoms with Crippen LogP contribution < -0.4 is 9.47 Å². The normalized spacial score (nSPS) is 23.7. The lowest BCUT2D eigenvalue weighted by molar-refractivity contribution is -0.173. The molecule has 0 aromatic heterocycles.